The molecule has 1 aromatic carbocycles. The van der Waals surface area contributed by atoms with Crippen molar-refractivity contribution < 1.29 is 9.13 Å². The first-order valence-electron chi connectivity index (χ1n) is 8.09. The largest absolute Gasteiger partial charge is 0.381 e. The highest BCUT2D eigenvalue weighted by atomic mass is 19.1. The zero-order chi connectivity index (χ0) is 15.1. The van der Waals surface area contributed by atoms with Crippen LogP contribution in [-0.4, -0.2) is 13.2 Å². The fourth-order valence-electron chi connectivity index (χ4n) is 3.36. The van der Waals surface area contributed by atoms with E-state index in [4.69, 9.17) is 4.74 Å². The van der Waals surface area contributed by atoms with Crippen molar-refractivity contribution in [1.82, 2.24) is 0 Å². The molecule has 1 unspecified atom stereocenters. The number of rotatable bonds is 6. The minimum atomic E-state index is -0.175. The Balaban J connectivity index is 2.27. The van der Waals surface area contributed by atoms with Gasteiger partial charge in [-0.25, -0.2) is 4.39 Å². The Morgan fingerprint density at radius 1 is 1.33 bits per heavy atom. The summed E-state index contributed by atoms with van der Waals surface area (Å²) in [5.41, 5.74) is 2.49. The van der Waals surface area contributed by atoms with Crippen molar-refractivity contribution in [2.45, 2.75) is 39.0 Å². The lowest BCUT2D eigenvalue weighted by atomic mass is 9.76. The van der Waals surface area contributed by atoms with E-state index in [2.05, 4.69) is 19.9 Å². The second-order valence-electron chi connectivity index (χ2n) is 5.80. The molecule has 21 heavy (non-hydrogen) atoms. The van der Waals surface area contributed by atoms with E-state index < -0.39 is 0 Å². The molecule has 0 amide bonds. The van der Waals surface area contributed by atoms with Gasteiger partial charge in [-0.2, -0.15) is 0 Å². The second kappa shape index (κ2) is 8.33. The minimum absolute atomic E-state index is 0.175. The van der Waals surface area contributed by atoms with Gasteiger partial charge in [0.15, 0.2) is 0 Å². The number of hydrogen-bond donors (Lipinski definition) is 0. The van der Waals surface area contributed by atoms with Crippen molar-refractivity contribution in [1.29, 1.82) is 0 Å². The third-order valence-corrected chi connectivity index (χ3v) is 4.38. The SMILES string of the molecule is [CH2]CC=C(c1ccc(F)cc1)C(CCC)C1CCOCC1. The van der Waals surface area contributed by atoms with E-state index in [1.165, 1.54) is 12.0 Å². The topological polar surface area (TPSA) is 9.23 Å². The van der Waals surface area contributed by atoms with Crippen molar-refractivity contribution in [2.75, 3.05) is 13.2 Å². The average Bonchev–Trinajstić information content (AvgIpc) is 2.53. The average molecular weight is 289 g/mol. The molecule has 0 aliphatic carbocycles. The predicted octanol–water partition coefficient (Wildman–Crippen LogP) is 5.28. The molecule has 0 bridgehead atoms. The van der Waals surface area contributed by atoms with E-state index in [0.717, 1.165) is 44.5 Å². The molecule has 115 valence electrons. The number of allylic oxidation sites excluding steroid dienone is 2. The molecular weight excluding hydrogens is 263 g/mol. The summed E-state index contributed by atoms with van der Waals surface area (Å²) >= 11 is 0. The maximum absolute atomic E-state index is 13.2. The zero-order valence-corrected chi connectivity index (χ0v) is 13.0. The molecule has 1 radical (unpaired) electrons. The van der Waals surface area contributed by atoms with Crippen LogP contribution in [0.5, 0.6) is 0 Å². The Labute approximate surface area is 128 Å². The van der Waals surface area contributed by atoms with Crippen molar-refractivity contribution in [2.24, 2.45) is 11.8 Å². The van der Waals surface area contributed by atoms with Gasteiger partial charge in [-0.15, -0.1) is 0 Å². The fourth-order valence-corrected chi connectivity index (χ4v) is 3.36. The van der Waals surface area contributed by atoms with Gasteiger partial charge in [0.25, 0.3) is 0 Å². The van der Waals surface area contributed by atoms with Gasteiger partial charge in [-0.3, -0.25) is 0 Å². The minimum Gasteiger partial charge on any atom is -0.381 e. The summed E-state index contributed by atoms with van der Waals surface area (Å²) in [5.74, 6) is 1.03. The van der Waals surface area contributed by atoms with Gasteiger partial charge in [-0.1, -0.05) is 31.6 Å². The summed E-state index contributed by atoms with van der Waals surface area (Å²) in [7, 11) is 0. The fraction of sp³-hybridized carbons (Fsp3) is 0.526. The molecule has 0 N–H and O–H groups in total. The van der Waals surface area contributed by atoms with Gasteiger partial charge in [0.1, 0.15) is 5.82 Å². The van der Waals surface area contributed by atoms with Crippen LogP contribution in [0, 0.1) is 24.6 Å². The highest BCUT2D eigenvalue weighted by Gasteiger charge is 2.26. The molecule has 1 aliphatic heterocycles. The first-order valence-corrected chi connectivity index (χ1v) is 8.09. The van der Waals surface area contributed by atoms with Gasteiger partial charge in [0, 0.05) is 13.2 Å². The molecule has 0 aromatic heterocycles. The van der Waals surface area contributed by atoms with E-state index in [1.807, 2.05) is 12.1 Å². The van der Waals surface area contributed by atoms with Crippen LogP contribution in [-0.2, 0) is 4.74 Å². The third kappa shape index (κ3) is 4.41. The molecule has 0 saturated carbocycles. The Hall–Kier alpha value is -1.15. The normalized spacial score (nSPS) is 18.7. The second-order valence-corrected chi connectivity index (χ2v) is 5.80. The summed E-state index contributed by atoms with van der Waals surface area (Å²) < 4.78 is 18.7. The lowest BCUT2D eigenvalue weighted by molar-refractivity contribution is 0.0538. The Bertz CT molecular complexity index is 443. The van der Waals surface area contributed by atoms with Gasteiger partial charge in [0.2, 0.25) is 0 Å². The lowest BCUT2D eigenvalue weighted by Crippen LogP contribution is -2.24. The third-order valence-electron chi connectivity index (χ3n) is 4.38. The molecule has 1 aromatic rings. The smallest absolute Gasteiger partial charge is 0.123 e. The van der Waals surface area contributed by atoms with Gasteiger partial charge >= 0.3 is 0 Å². The van der Waals surface area contributed by atoms with Gasteiger partial charge in [0.05, 0.1) is 0 Å². The Kier molecular flexibility index (Phi) is 6.44. The molecule has 1 aliphatic rings. The zero-order valence-electron chi connectivity index (χ0n) is 13.0. The van der Waals surface area contributed by atoms with E-state index in [9.17, 15) is 4.39 Å². The van der Waals surface area contributed by atoms with E-state index in [0.29, 0.717) is 11.8 Å². The summed E-state index contributed by atoms with van der Waals surface area (Å²) in [6, 6.07) is 6.91. The molecule has 2 rings (SSSR count). The number of ether oxygens (including phenoxy) is 1. The number of benzene rings is 1. The van der Waals surface area contributed by atoms with Crippen LogP contribution < -0.4 is 0 Å². The Morgan fingerprint density at radius 2 is 2.00 bits per heavy atom. The molecule has 1 nitrogen and oxygen atoms in total. The number of hydrogen-bond acceptors (Lipinski definition) is 1. The first kappa shape index (κ1) is 16.2. The van der Waals surface area contributed by atoms with Crippen LogP contribution in [0.25, 0.3) is 5.57 Å². The van der Waals surface area contributed by atoms with Crippen molar-refractivity contribution >= 4 is 5.57 Å². The van der Waals surface area contributed by atoms with Crippen LogP contribution in [0.2, 0.25) is 0 Å². The molecule has 2 heteroatoms. The van der Waals surface area contributed by atoms with Crippen molar-refractivity contribution in [3.8, 4) is 0 Å². The molecule has 0 spiro atoms. The van der Waals surface area contributed by atoms with Crippen LogP contribution >= 0.6 is 0 Å². The summed E-state index contributed by atoms with van der Waals surface area (Å²) in [4.78, 5) is 0. The molecule has 1 heterocycles. The van der Waals surface area contributed by atoms with Gasteiger partial charge < -0.3 is 4.74 Å². The molecular formula is C19H26FO. The summed E-state index contributed by atoms with van der Waals surface area (Å²) in [5, 5.41) is 0. The summed E-state index contributed by atoms with van der Waals surface area (Å²) in [6.07, 6.45) is 7.59. The van der Waals surface area contributed by atoms with Crippen LogP contribution in [0.15, 0.2) is 30.3 Å². The van der Waals surface area contributed by atoms with E-state index in [-0.39, 0.29) is 5.82 Å². The maximum Gasteiger partial charge on any atom is 0.123 e. The highest BCUT2D eigenvalue weighted by molar-refractivity contribution is 5.67. The first-order chi connectivity index (χ1) is 10.3. The highest BCUT2D eigenvalue weighted by Crippen LogP contribution is 2.38. The maximum atomic E-state index is 13.2. The number of halogens is 1. The van der Waals surface area contributed by atoms with E-state index in [1.54, 1.807) is 12.1 Å². The monoisotopic (exact) mass is 289 g/mol. The molecule has 1 saturated heterocycles. The van der Waals surface area contributed by atoms with Crippen LogP contribution in [0.1, 0.15) is 44.6 Å². The predicted molar refractivity (Wildman–Crippen MR) is 86.3 cm³/mol. The van der Waals surface area contributed by atoms with Crippen LogP contribution in [0.4, 0.5) is 4.39 Å². The van der Waals surface area contributed by atoms with Crippen molar-refractivity contribution in [3.63, 3.8) is 0 Å². The lowest BCUT2D eigenvalue weighted by Gasteiger charge is -2.32. The quantitative estimate of drug-likeness (QED) is 0.692. The standard InChI is InChI=1S/C19H26FO/c1-3-5-18(15-7-9-17(20)10-8-15)19(6-4-2)16-11-13-21-14-12-16/h5,7-10,16,19H,1,3-4,6,11-14H2,2H3. The summed E-state index contributed by atoms with van der Waals surface area (Å²) in [6.45, 7) is 7.95. The Morgan fingerprint density at radius 3 is 2.57 bits per heavy atom. The van der Waals surface area contributed by atoms with Crippen molar-refractivity contribution in [3.05, 3.63) is 48.6 Å². The molecule has 1 fully saturated rings. The van der Waals surface area contributed by atoms with E-state index >= 15 is 0 Å². The van der Waals surface area contributed by atoms with Crippen LogP contribution in [0.3, 0.4) is 0 Å². The van der Waals surface area contributed by atoms with Gasteiger partial charge in [-0.05, 0) is 67.7 Å². The molecule has 1 atom stereocenters.